The van der Waals surface area contributed by atoms with Crippen LogP contribution in [0.3, 0.4) is 0 Å². The topological polar surface area (TPSA) is 24.9 Å². The molecule has 0 saturated heterocycles. The summed E-state index contributed by atoms with van der Waals surface area (Å²) in [6.45, 7) is 0.229. The van der Waals surface area contributed by atoms with Crippen molar-refractivity contribution in [2.75, 3.05) is 6.54 Å². The van der Waals surface area contributed by atoms with Crippen molar-refractivity contribution in [3.63, 3.8) is 0 Å². The number of nitrogens with zero attached hydrogens (tertiary/aromatic N) is 1. The van der Waals surface area contributed by atoms with Gasteiger partial charge in [-0.05, 0) is 0 Å². The molecule has 0 aliphatic rings. The van der Waals surface area contributed by atoms with Crippen LogP contribution in [-0.4, -0.2) is 18.0 Å². The average molecular weight is 178 g/mol. The molecule has 1 heterocycles. The lowest BCUT2D eigenvalue weighted by atomic mass is 10.5. The molecule has 1 aromatic heterocycles. The van der Waals surface area contributed by atoms with Crippen molar-refractivity contribution < 1.29 is 8.78 Å². The first-order chi connectivity index (χ1) is 5.29. The monoisotopic (exact) mass is 178 g/mol. The fraction of sp³-hybridized carbons (Fsp3) is 0.500. The van der Waals surface area contributed by atoms with Crippen molar-refractivity contribution in [1.29, 1.82) is 0 Å². The van der Waals surface area contributed by atoms with Crippen LogP contribution >= 0.6 is 11.3 Å². The van der Waals surface area contributed by atoms with E-state index < -0.39 is 6.43 Å². The average Bonchev–Trinajstić information content (AvgIpc) is 2.39. The van der Waals surface area contributed by atoms with Crippen LogP contribution in [0.2, 0.25) is 0 Å². The van der Waals surface area contributed by atoms with E-state index in [1.165, 1.54) is 11.3 Å². The molecule has 0 radical (unpaired) electrons. The molecule has 0 amide bonds. The minimum Gasteiger partial charge on any atom is -0.306 e. The van der Waals surface area contributed by atoms with Crippen LogP contribution in [0.1, 0.15) is 4.88 Å². The van der Waals surface area contributed by atoms with E-state index in [2.05, 4.69) is 10.3 Å². The number of hydrogen-bond acceptors (Lipinski definition) is 3. The largest absolute Gasteiger partial charge is 0.306 e. The predicted molar refractivity (Wildman–Crippen MR) is 39.8 cm³/mol. The molecule has 0 aromatic carbocycles. The van der Waals surface area contributed by atoms with Crippen LogP contribution in [-0.2, 0) is 6.54 Å². The summed E-state index contributed by atoms with van der Waals surface area (Å²) < 4.78 is 23.2. The standard InChI is InChI=1S/C6H8F2N2S/c7-6(8)3-9-1-5-2-10-4-11-5/h2,4,6,9H,1,3H2. The summed E-state index contributed by atoms with van der Waals surface area (Å²) >= 11 is 1.46. The molecule has 0 spiro atoms. The van der Waals surface area contributed by atoms with Crippen molar-refractivity contribution >= 4 is 11.3 Å². The Bertz CT molecular complexity index is 188. The first kappa shape index (κ1) is 8.55. The summed E-state index contributed by atoms with van der Waals surface area (Å²) in [6, 6.07) is 0. The van der Waals surface area contributed by atoms with Gasteiger partial charge in [-0.25, -0.2) is 8.78 Å². The minimum absolute atomic E-state index is 0.252. The molecular formula is C6H8F2N2S. The second kappa shape index (κ2) is 4.35. The highest BCUT2D eigenvalue weighted by Crippen LogP contribution is 2.04. The molecule has 1 N–H and O–H groups in total. The Hall–Kier alpha value is -0.550. The highest BCUT2D eigenvalue weighted by Gasteiger charge is 2.00. The van der Waals surface area contributed by atoms with Crippen LogP contribution < -0.4 is 5.32 Å². The predicted octanol–water partition coefficient (Wildman–Crippen LogP) is 1.50. The second-order valence-corrected chi connectivity index (χ2v) is 2.96. The molecular weight excluding hydrogens is 170 g/mol. The molecule has 0 bridgehead atoms. The molecule has 0 unspecified atom stereocenters. The SMILES string of the molecule is FC(F)CNCc1cncs1. The van der Waals surface area contributed by atoms with E-state index in [1.54, 1.807) is 11.7 Å². The number of hydrogen-bond donors (Lipinski definition) is 1. The van der Waals surface area contributed by atoms with Gasteiger partial charge in [0.15, 0.2) is 0 Å². The number of rotatable bonds is 4. The van der Waals surface area contributed by atoms with E-state index in [-0.39, 0.29) is 6.54 Å². The molecule has 1 aromatic rings. The third-order valence-corrected chi connectivity index (χ3v) is 1.86. The molecule has 0 saturated carbocycles. The summed E-state index contributed by atoms with van der Waals surface area (Å²) in [6.07, 6.45) is -0.605. The highest BCUT2D eigenvalue weighted by atomic mass is 32.1. The maximum absolute atomic E-state index is 11.6. The smallest absolute Gasteiger partial charge is 0.250 e. The Morgan fingerprint density at radius 3 is 3.00 bits per heavy atom. The number of alkyl halides is 2. The maximum Gasteiger partial charge on any atom is 0.250 e. The zero-order chi connectivity index (χ0) is 8.10. The normalized spacial score (nSPS) is 10.8. The van der Waals surface area contributed by atoms with Gasteiger partial charge in [0.1, 0.15) is 0 Å². The first-order valence-electron chi connectivity index (χ1n) is 3.15. The zero-order valence-electron chi connectivity index (χ0n) is 5.76. The van der Waals surface area contributed by atoms with Crippen molar-refractivity contribution in [1.82, 2.24) is 10.3 Å². The summed E-state index contributed by atoms with van der Waals surface area (Å²) in [7, 11) is 0. The first-order valence-corrected chi connectivity index (χ1v) is 4.03. The molecule has 0 atom stereocenters. The van der Waals surface area contributed by atoms with E-state index in [9.17, 15) is 8.78 Å². The van der Waals surface area contributed by atoms with Gasteiger partial charge in [-0.15, -0.1) is 11.3 Å². The summed E-state index contributed by atoms with van der Waals surface area (Å²) in [5.74, 6) is 0. The Labute approximate surface area is 67.3 Å². The second-order valence-electron chi connectivity index (χ2n) is 1.99. The lowest BCUT2D eigenvalue weighted by molar-refractivity contribution is 0.145. The van der Waals surface area contributed by atoms with Gasteiger partial charge in [-0.2, -0.15) is 0 Å². The van der Waals surface area contributed by atoms with E-state index in [0.29, 0.717) is 6.54 Å². The Balaban J connectivity index is 2.14. The van der Waals surface area contributed by atoms with Crippen LogP contribution in [0.4, 0.5) is 8.78 Å². The number of halogens is 2. The highest BCUT2D eigenvalue weighted by molar-refractivity contribution is 7.09. The molecule has 62 valence electrons. The molecule has 2 nitrogen and oxygen atoms in total. The van der Waals surface area contributed by atoms with E-state index in [4.69, 9.17) is 0 Å². The van der Waals surface area contributed by atoms with Crippen LogP contribution in [0.25, 0.3) is 0 Å². The maximum atomic E-state index is 11.6. The Kier molecular flexibility index (Phi) is 3.38. The van der Waals surface area contributed by atoms with Crippen LogP contribution in [0.15, 0.2) is 11.7 Å². The van der Waals surface area contributed by atoms with Gasteiger partial charge in [0.2, 0.25) is 0 Å². The van der Waals surface area contributed by atoms with Crippen molar-refractivity contribution in [2.45, 2.75) is 13.0 Å². The third-order valence-electron chi connectivity index (χ3n) is 1.08. The zero-order valence-corrected chi connectivity index (χ0v) is 6.57. The lowest BCUT2D eigenvalue weighted by Crippen LogP contribution is -2.19. The van der Waals surface area contributed by atoms with Crippen molar-refractivity contribution in [3.05, 3.63) is 16.6 Å². The van der Waals surface area contributed by atoms with E-state index in [0.717, 1.165) is 4.88 Å². The lowest BCUT2D eigenvalue weighted by Gasteiger charge is -1.99. The summed E-state index contributed by atoms with van der Waals surface area (Å²) in [5, 5.41) is 2.61. The molecule has 5 heteroatoms. The number of aromatic nitrogens is 1. The van der Waals surface area contributed by atoms with Crippen LogP contribution in [0.5, 0.6) is 0 Å². The van der Waals surface area contributed by atoms with Gasteiger partial charge in [-0.1, -0.05) is 0 Å². The van der Waals surface area contributed by atoms with Crippen molar-refractivity contribution in [3.8, 4) is 0 Å². The van der Waals surface area contributed by atoms with Crippen LogP contribution in [0, 0.1) is 0 Å². The van der Waals surface area contributed by atoms with Gasteiger partial charge in [0.25, 0.3) is 6.43 Å². The van der Waals surface area contributed by atoms with Gasteiger partial charge in [-0.3, -0.25) is 4.98 Å². The Morgan fingerprint density at radius 1 is 1.64 bits per heavy atom. The molecule has 0 aliphatic carbocycles. The molecule has 0 aliphatic heterocycles. The minimum atomic E-state index is -2.28. The van der Waals surface area contributed by atoms with Gasteiger partial charge in [0, 0.05) is 17.6 Å². The molecule has 1 rings (SSSR count). The fourth-order valence-corrected chi connectivity index (χ4v) is 1.20. The quantitative estimate of drug-likeness (QED) is 0.755. The summed E-state index contributed by atoms with van der Waals surface area (Å²) in [4.78, 5) is 4.79. The summed E-state index contributed by atoms with van der Waals surface area (Å²) in [5.41, 5.74) is 1.68. The van der Waals surface area contributed by atoms with E-state index in [1.807, 2.05) is 0 Å². The van der Waals surface area contributed by atoms with Gasteiger partial charge >= 0.3 is 0 Å². The number of thiazole rings is 1. The Morgan fingerprint density at radius 2 is 2.45 bits per heavy atom. The fourth-order valence-electron chi connectivity index (χ4n) is 0.634. The van der Waals surface area contributed by atoms with Crippen molar-refractivity contribution in [2.24, 2.45) is 0 Å². The third kappa shape index (κ3) is 3.38. The molecule has 0 fully saturated rings. The van der Waals surface area contributed by atoms with Gasteiger partial charge in [0.05, 0.1) is 12.1 Å². The number of nitrogens with one attached hydrogen (secondary N) is 1. The van der Waals surface area contributed by atoms with Gasteiger partial charge < -0.3 is 5.32 Å². The molecule has 11 heavy (non-hydrogen) atoms. The van der Waals surface area contributed by atoms with E-state index >= 15 is 0 Å².